The second-order valence-corrected chi connectivity index (χ2v) is 5.45. The van der Waals surface area contributed by atoms with Gasteiger partial charge in [-0.3, -0.25) is 9.69 Å². The van der Waals surface area contributed by atoms with Gasteiger partial charge in [0, 0.05) is 38.4 Å². The number of aryl methyl sites for hydroxylation is 1. The Kier molecular flexibility index (Phi) is 2.78. The molecule has 5 nitrogen and oxygen atoms in total. The van der Waals surface area contributed by atoms with Crippen LogP contribution in [-0.2, 0) is 7.05 Å². The monoisotopic (exact) mass is 248 g/mol. The van der Waals surface area contributed by atoms with Gasteiger partial charge in [0.2, 0.25) is 0 Å². The van der Waals surface area contributed by atoms with Crippen LogP contribution in [0.2, 0.25) is 0 Å². The fourth-order valence-corrected chi connectivity index (χ4v) is 2.75. The first-order valence-electron chi connectivity index (χ1n) is 6.60. The molecule has 0 bridgehead atoms. The van der Waals surface area contributed by atoms with E-state index in [0.29, 0.717) is 11.4 Å². The number of nitrogens with two attached hydrogens (primary N) is 1. The van der Waals surface area contributed by atoms with E-state index in [9.17, 15) is 4.79 Å². The number of hydrogen-bond acceptors (Lipinski definition) is 3. The average molecular weight is 248 g/mol. The zero-order chi connectivity index (χ0) is 12.7. The number of carbonyl (C=O) groups excluding carboxylic acids is 1. The van der Waals surface area contributed by atoms with E-state index in [1.807, 2.05) is 7.05 Å². The van der Waals surface area contributed by atoms with Crippen LogP contribution in [0.25, 0.3) is 0 Å². The van der Waals surface area contributed by atoms with Gasteiger partial charge in [-0.05, 0) is 25.3 Å². The smallest absolute Gasteiger partial charge is 0.268 e. The Balaban J connectivity index is 1.59. The minimum absolute atomic E-state index is 0.0168. The molecule has 1 aromatic heterocycles. The highest BCUT2D eigenvalue weighted by Crippen LogP contribution is 2.29. The van der Waals surface area contributed by atoms with E-state index < -0.39 is 0 Å². The van der Waals surface area contributed by atoms with Crippen molar-refractivity contribution in [1.29, 1.82) is 0 Å². The second kappa shape index (κ2) is 4.31. The van der Waals surface area contributed by atoms with Crippen LogP contribution in [0.1, 0.15) is 29.8 Å². The normalized spacial score (nSPS) is 24.4. The molecule has 1 aromatic rings. The summed E-state index contributed by atoms with van der Waals surface area (Å²) in [5.74, 6) is -0.0168. The highest BCUT2D eigenvalue weighted by Gasteiger charge is 2.34. The van der Waals surface area contributed by atoms with Gasteiger partial charge < -0.3 is 15.6 Å². The number of nitrogens with zero attached hydrogens (tertiary/aromatic N) is 2. The van der Waals surface area contributed by atoms with Gasteiger partial charge in [0.05, 0.1) is 5.69 Å². The molecule has 1 saturated carbocycles. The van der Waals surface area contributed by atoms with Crippen molar-refractivity contribution in [2.45, 2.75) is 31.3 Å². The zero-order valence-electron chi connectivity index (χ0n) is 10.7. The summed E-state index contributed by atoms with van der Waals surface area (Å²) in [7, 11) is 1.84. The lowest BCUT2D eigenvalue weighted by molar-refractivity contribution is 0.0929. The Bertz CT molecular complexity index is 464. The Labute approximate surface area is 107 Å². The Morgan fingerprint density at radius 3 is 2.83 bits per heavy atom. The first kappa shape index (κ1) is 11.6. The van der Waals surface area contributed by atoms with E-state index in [4.69, 9.17) is 5.73 Å². The van der Waals surface area contributed by atoms with Crippen molar-refractivity contribution in [3.05, 3.63) is 18.0 Å². The third-order valence-corrected chi connectivity index (χ3v) is 3.88. The van der Waals surface area contributed by atoms with E-state index in [2.05, 4.69) is 10.2 Å². The molecular weight excluding hydrogens is 228 g/mol. The Hall–Kier alpha value is -1.49. The number of amides is 1. The molecular formula is C13H20N4O. The predicted octanol–water partition coefficient (Wildman–Crippen LogP) is 0.574. The summed E-state index contributed by atoms with van der Waals surface area (Å²) in [6.07, 6.45) is 5.48. The summed E-state index contributed by atoms with van der Waals surface area (Å²) < 4.78 is 1.78. The topological polar surface area (TPSA) is 63.3 Å². The predicted molar refractivity (Wildman–Crippen MR) is 70.3 cm³/mol. The van der Waals surface area contributed by atoms with Gasteiger partial charge in [-0.2, -0.15) is 0 Å². The summed E-state index contributed by atoms with van der Waals surface area (Å²) in [5.41, 5.74) is 6.96. The molecule has 2 fully saturated rings. The van der Waals surface area contributed by atoms with E-state index in [1.54, 1.807) is 16.8 Å². The number of nitrogens with one attached hydrogen (secondary N) is 1. The van der Waals surface area contributed by atoms with Crippen molar-refractivity contribution >= 4 is 11.6 Å². The lowest BCUT2D eigenvalue weighted by atomic mass is 10.2. The molecule has 1 aliphatic heterocycles. The summed E-state index contributed by atoms with van der Waals surface area (Å²) in [6.45, 7) is 2.11. The average Bonchev–Trinajstić information content (AvgIpc) is 2.97. The van der Waals surface area contributed by atoms with Crippen LogP contribution in [-0.4, -0.2) is 40.5 Å². The molecule has 98 valence electrons. The SMILES string of the molecule is Cn1cc(N)cc1C(=O)NC1CCN(C2CC2)C1. The molecule has 3 N–H and O–H groups in total. The van der Waals surface area contributed by atoms with E-state index >= 15 is 0 Å². The fourth-order valence-electron chi connectivity index (χ4n) is 2.75. The van der Waals surface area contributed by atoms with Crippen molar-refractivity contribution in [3.8, 4) is 0 Å². The molecule has 5 heteroatoms. The standard InChI is InChI=1S/C13H20N4O/c1-16-7-9(14)6-12(16)13(18)15-10-4-5-17(8-10)11-2-3-11/h6-7,10-11H,2-5,8,14H2,1H3,(H,15,18). The minimum atomic E-state index is -0.0168. The lowest BCUT2D eigenvalue weighted by Crippen LogP contribution is -2.38. The molecule has 1 aliphatic carbocycles. The molecule has 1 amide bonds. The zero-order valence-corrected chi connectivity index (χ0v) is 10.7. The van der Waals surface area contributed by atoms with Gasteiger partial charge in [0.15, 0.2) is 0 Å². The Morgan fingerprint density at radius 1 is 1.44 bits per heavy atom. The first-order valence-corrected chi connectivity index (χ1v) is 6.60. The van der Waals surface area contributed by atoms with Crippen molar-refractivity contribution in [3.63, 3.8) is 0 Å². The van der Waals surface area contributed by atoms with Gasteiger partial charge in [0.1, 0.15) is 5.69 Å². The third kappa shape index (κ3) is 2.22. The van der Waals surface area contributed by atoms with Crippen LogP contribution in [0.5, 0.6) is 0 Å². The molecule has 1 unspecified atom stereocenters. The van der Waals surface area contributed by atoms with E-state index in [0.717, 1.165) is 25.6 Å². The van der Waals surface area contributed by atoms with Crippen molar-refractivity contribution in [2.75, 3.05) is 18.8 Å². The third-order valence-electron chi connectivity index (χ3n) is 3.88. The van der Waals surface area contributed by atoms with E-state index in [-0.39, 0.29) is 11.9 Å². The van der Waals surface area contributed by atoms with Gasteiger partial charge >= 0.3 is 0 Å². The van der Waals surface area contributed by atoms with Crippen LogP contribution in [0.15, 0.2) is 12.3 Å². The first-order chi connectivity index (χ1) is 8.63. The van der Waals surface area contributed by atoms with Crippen molar-refractivity contribution in [2.24, 2.45) is 7.05 Å². The number of nitrogen functional groups attached to an aromatic ring is 1. The molecule has 0 radical (unpaired) electrons. The lowest BCUT2D eigenvalue weighted by Gasteiger charge is -2.15. The minimum Gasteiger partial charge on any atom is -0.397 e. The van der Waals surface area contributed by atoms with Gasteiger partial charge in [-0.1, -0.05) is 0 Å². The number of anilines is 1. The number of hydrogen-bond donors (Lipinski definition) is 2. The number of carbonyl (C=O) groups is 1. The summed E-state index contributed by atoms with van der Waals surface area (Å²) in [5, 5.41) is 3.10. The summed E-state index contributed by atoms with van der Waals surface area (Å²) in [6, 6.07) is 2.80. The largest absolute Gasteiger partial charge is 0.397 e. The summed E-state index contributed by atoms with van der Waals surface area (Å²) in [4.78, 5) is 14.6. The van der Waals surface area contributed by atoms with Crippen LogP contribution in [0, 0.1) is 0 Å². The van der Waals surface area contributed by atoms with Crippen molar-refractivity contribution in [1.82, 2.24) is 14.8 Å². The number of rotatable bonds is 3. The van der Waals surface area contributed by atoms with Crippen LogP contribution in [0.3, 0.4) is 0 Å². The maximum Gasteiger partial charge on any atom is 0.268 e. The molecule has 2 aliphatic rings. The molecule has 0 spiro atoms. The van der Waals surface area contributed by atoms with Gasteiger partial charge in [0.25, 0.3) is 5.91 Å². The molecule has 3 rings (SSSR count). The quantitative estimate of drug-likeness (QED) is 0.822. The molecule has 2 heterocycles. The van der Waals surface area contributed by atoms with Gasteiger partial charge in [-0.15, -0.1) is 0 Å². The van der Waals surface area contributed by atoms with Crippen LogP contribution in [0.4, 0.5) is 5.69 Å². The van der Waals surface area contributed by atoms with Crippen molar-refractivity contribution < 1.29 is 4.79 Å². The molecule has 0 aromatic carbocycles. The fraction of sp³-hybridized carbons (Fsp3) is 0.615. The maximum absolute atomic E-state index is 12.1. The Morgan fingerprint density at radius 2 is 2.22 bits per heavy atom. The molecule has 1 saturated heterocycles. The number of likely N-dealkylation sites (tertiary alicyclic amines) is 1. The maximum atomic E-state index is 12.1. The van der Waals surface area contributed by atoms with Crippen LogP contribution < -0.4 is 11.1 Å². The summed E-state index contributed by atoms with van der Waals surface area (Å²) >= 11 is 0. The molecule has 1 atom stereocenters. The highest BCUT2D eigenvalue weighted by atomic mass is 16.2. The van der Waals surface area contributed by atoms with Crippen LogP contribution >= 0.6 is 0 Å². The highest BCUT2D eigenvalue weighted by molar-refractivity contribution is 5.94. The van der Waals surface area contributed by atoms with E-state index in [1.165, 1.54) is 12.8 Å². The van der Waals surface area contributed by atoms with Gasteiger partial charge in [-0.25, -0.2) is 0 Å². The second-order valence-electron chi connectivity index (χ2n) is 5.45. The molecule has 18 heavy (non-hydrogen) atoms. The number of aromatic nitrogens is 1.